The number of phenolic OH excluding ortho intramolecular Hbond substituents is 1. The van der Waals surface area contributed by atoms with Gasteiger partial charge in [-0.25, -0.2) is 4.79 Å². The first-order valence-electron chi connectivity index (χ1n) is 12.6. The van der Waals surface area contributed by atoms with Crippen molar-refractivity contribution in [1.82, 2.24) is 15.5 Å². The Morgan fingerprint density at radius 3 is 2.45 bits per heavy atom. The lowest BCUT2D eigenvalue weighted by Crippen LogP contribution is -2.55. The van der Waals surface area contributed by atoms with Crippen LogP contribution < -0.4 is 10.6 Å². The zero-order valence-corrected chi connectivity index (χ0v) is 24.7. The molecule has 0 saturated heterocycles. The molecule has 3 amide bonds. The van der Waals surface area contributed by atoms with Crippen LogP contribution in [0.15, 0.2) is 29.8 Å². The average molecular weight is 644 g/mol. The van der Waals surface area contributed by atoms with E-state index in [1.165, 1.54) is 18.0 Å². The monoisotopic (exact) mass is 643 g/mol. The molecular weight excluding hydrogens is 605 g/mol. The number of nitrogens with zero attached hydrogens (tertiary/aromatic N) is 1. The van der Waals surface area contributed by atoms with Gasteiger partial charge < -0.3 is 30.5 Å². The van der Waals surface area contributed by atoms with Gasteiger partial charge in [-0.15, -0.1) is 0 Å². The number of carbonyl (C=O) groups excluding carboxylic acids is 4. The lowest BCUT2D eigenvalue weighted by Gasteiger charge is -2.29. The fraction of sp³-hybridized carbons (Fsp3) is 0.556. The van der Waals surface area contributed by atoms with E-state index in [-0.39, 0.29) is 36.5 Å². The second-order valence-electron chi connectivity index (χ2n) is 10.1. The van der Waals surface area contributed by atoms with E-state index in [1.54, 1.807) is 26.0 Å². The predicted octanol–water partition coefficient (Wildman–Crippen LogP) is 1.90. The highest BCUT2D eigenvalue weighted by atomic mass is 127. The molecule has 0 bridgehead atoms. The third kappa shape index (κ3) is 9.26. The van der Waals surface area contributed by atoms with Crippen LogP contribution in [0.1, 0.15) is 46.1 Å². The molecule has 210 valence electrons. The lowest BCUT2D eigenvalue weighted by molar-refractivity contribution is -0.154. The van der Waals surface area contributed by atoms with Crippen molar-refractivity contribution in [2.75, 3.05) is 20.2 Å². The Morgan fingerprint density at radius 1 is 1.13 bits per heavy atom. The third-order valence-electron chi connectivity index (χ3n) is 6.47. The second kappa shape index (κ2) is 14.5. The topological polar surface area (TPSA) is 145 Å². The number of hydrogen-bond donors (Lipinski definition) is 4. The highest BCUT2D eigenvalue weighted by molar-refractivity contribution is 14.1. The molecule has 0 saturated carbocycles. The van der Waals surface area contributed by atoms with Gasteiger partial charge in [-0.05, 0) is 72.9 Å². The Kier molecular flexibility index (Phi) is 12.0. The van der Waals surface area contributed by atoms with Crippen LogP contribution in [0.2, 0.25) is 0 Å². The first-order valence-corrected chi connectivity index (χ1v) is 13.7. The number of ether oxygens (including phenoxy) is 1. The van der Waals surface area contributed by atoms with Gasteiger partial charge in [-0.2, -0.15) is 0 Å². The molecule has 0 radical (unpaired) electrons. The Morgan fingerprint density at radius 2 is 1.82 bits per heavy atom. The molecular formula is C27H38IN3O7. The van der Waals surface area contributed by atoms with Gasteiger partial charge in [0.25, 0.3) is 0 Å². The van der Waals surface area contributed by atoms with E-state index in [2.05, 4.69) is 10.6 Å². The molecule has 1 heterocycles. The smallest absolute Gasteiger partial charge is 0.331 e. The van der Waals surface area contributed by atoms with Crippen molar-refractivity contribution in [1.29, 1.82) is 0 Å². The average Bonchev–Trinajstić information content (AvgIpc) is 2.84. The number of carbonyl (C=O) groups is 4. The number of nitrogens with one attached hydrogen (secondary N) is 2. The molecule has 2 rings (SSSR count). The maximum atomic E-state index is 13.4. The summed E-state index contributed by atoms with van der Waals surface area (Å²) in [6, 6.07) is 2.43. The molecule has 10 nitrogen and oxygen atoms in total. The molecule has 0 aromatic heterocycles. The minimum Gasteiger partial charge on any atom is -0.507 e. The van der Waals surface area contributed by atoms with Crippen molar-refractivity contribution in [3.05, 3.63) is 39.0 Å². The molecule has 1 aliphatic rings. The molecule has 1 aliphatic heterocycles. The molecule has 5 atom stereocenters. The van der Waals surface area contributed by atoms with Gasteiger partial charge in [0.2, 0.25) is 17.7 Å². The number of cyclic esters (lactones) is 1. The number of rotatable bonds is 3. The molecule has 1 aromatic carbocycles. The summed E-state index contributed by atoms with van der Waals surface area (Å²) in [7, 11) is 1.44. The van der Waals surface area contributed by atoms with Gasteiger partial charge in [-0.1, -0.05) is 31.6 Å². The number of amides is 3. The maximum Gasteiger partial charge on any atom is 0.331 e. The molecule has 0 spiro atoms. The minimum atomic E-state index is -1.32. The summed E-state index contributed by atoms with van der Waals surface area (Å²) < 4.78 is 6.08. The summed E-state index contributed by atoms with van der Waals surface area (Å²) in [6.45, 7) is 6.45. The normalized spacial score (nSPS) is 28.3. The second-order valence-corrected chi connectivity index (χ2v) is 11.2. The summed E-state index contributed by atoms with van der Waals surface area (Å²) in [6.07, 6.45) is 2.64. The number of allylic oxidation sites excluding steroid dienone is 2. The number of esters is 1. The van der Waals surface area contributed by atoms with Crippen molar-refractivity contribution in [2.24, 2.45) is 11.8 Å². The fourth-order valence-electron chi connectivity index (χ4n) is 4.44. The van der Waals surface area contributed by atoms with Crippen LogP contribution in [0.25, 0.3) is 0 Å². The van der Waals surface area contributed by atoms with Crippen molar-refractivity contribution in [2.45, 2.75) is 65.1 Å². The SMILES string of the molecule is C/C1=C\[C@H](C)C[C@H](C)OC(=O)[C@H](CO)NC(=O)[C@@H](Cc2ccc(O)c(I)c2)N(C)C(=O)CNC(=O)[C@@H](C)C1. The van der Waals surface area contributed by atoms with Crippen molar-refractivity contribution >= 4 is 46.3 Å². The molecule has 0 aliphatic carbocycles. The van der Waals surface area contributed by atoms with Crippen molar-refractivity contribution < 1.29 is 34.1 Å². The van der Waals surface area contributed by atoms with Gasteiger partial charge in [0.15, 0.2) is 6.04 Å². The Bertz CT molecular complexity index is 1060. The Balaban J connectivity index is 2.38. The Labute approximate surface area is 237 Å². The molecule has 1 aromatic rings. The fourth-order valence-corrected chi connectivity index (χ4v) is 5.02. The zero-order chi connectivity index (χ0) is 28.6. The highest BCUT2D eigenvalue weighted by Gasteiger charge is 2.32. The zero-order valence-electron chi connectivity index (χ0n) is 22.5. The number of phenols is 1. The van der Waals surface area contributed by atoms with Crippen LogP contribution in [0.5, 0.6) is 5.75 Å². The van der Waals surface area contributed by atoms with E-state index < -0.39 is 42.6 Å². The molecule has 0 fully saturated rings. The van der Waals surface area contributed by atoms with Crippen LogP contribution in [0.4, 0.5) is 0 Å². The predicted molar refractivity (Wildman–Crippen MR) is 150 cm³/mol. The van der Waals surface area contributed by atoms with Gasteiger partial charge >= 0.3 is 5.97 Å². The number of aliphatic hydroxyl groups excluding tert-OH is 1. The van der Waals surface area contributed by atoms with E-state index >= 15 is 0 Å². The van der Waals surface area contributed by atoms with Crippen molar-refractivity contribution in [3.8, 4) is 5.75 Å². The number of hydrogen-bond acceptors (Lipinski definition) is 7. The first-order chi connectivity index (χ1) is 17.8. The Hall–Kier alpha value is -2.67. The van der Waals surface area contributed by atoms with Crippen LogP contribution in [0, 0.1) is 15.4 Å². The summed E-state index contributed by atoms with van der Waals surface area (Å²) in [5.74, 6) is -2.43. The van der Waals surface area contributed by atoms with Gasteiger partial charge in [0.05, 0.1) is 22.8 Å². The van der Waals surface area contributed by atoms with E-state index in [9.17, 15) is 29.4 Å². The summed E-state index contributed by atoms with van der Waals surface area (Å²) in [5, 5.41) is 24.9. The number of aromatic hydroxyl groups is 1. The number of aliphatic hydroxyl groups is 1. The van der Waals surface area contributed by atoms with Gasteiger partial charge in [0, 0.05) is 19.4 Å². The standard InChI is InChI=1S/C27H38IN3O7/c1-15-8-16(2)10-18(4)38-27(37)21(14-32)30-26(36)22(12-19-6-7-23(33)20(28)11-19)31(5)24(34)13-29-25(35)17(3)9-15/h6-8,11,16-18,21-22,32-33H,9-10,12-14H2,1-5H3,(H,29,35)(H,30,36)/b15-8+/t16-,17-,18-,21-,22+/m0/s1. The maximum absolute atomic E-state index is 13.4. The number of halogens is 1. The van der Waals surface area contributed by atoms with E-state index in [0.29, 0.717) is 22.0 Å². The van der Waals surface area contributed by atoms with Crippen LogP contribution >= 0.6 is 22.6 Å². The minimum absolute atomic E-state index is 0.0572. The van der Waals surface area contributed by atoms with Crippen molar-refractivity contribution in [3.63, 3.8) is 0 Å². The number of likely N-dealkylation sites (N-methyl/N-ethyl adjacent to an activating group) is 1. The number of benzene rings is 1. The summed E-state index contributed by atoms with van der Waals surface area (Å²) in [5.41, 5.74) is 1.67. The molecule has 38 heavy (non-hydrogen) atoms. The quantitative estimate of drug-likeness (QED) is 0.224. The van der Waals surface area contributed by atoms with E-state index in [4.69, 9.17) is 4.74 Å². The lowest BCUT2D eigenvalue weighted by atomic mass is 9.96. The van der Waals surface area contributed by atoms with Gasteiger partial charge in [-0.3, -0.25) is 14.4 Å². The third-order valence-corrected chi connectivity index (χ3v) is 7.33. The highest BCUT2D eigenvalue weighted by Crippen LogP contribution is 2.22. The van der Waals surface area contributed by atoms with Crippen LogP contribution in [0.3, 0.4) is 0 Å². The molecule has 4 N–H and O–H groups in total. The van der Waals surface area contributed by atoms with E-state index in [1.807, 2.05) is 42.5 Å². The molecule has 11 heteroatoms. The van der Waals surface area contributed by atoms with E-state index in [0.717, 1.165) is 5.57 Å². The largest absolute Gasteiger partial charge is 0.507 e. The van der Waals surface area contributed by atoms with Crippen LogP contribution in [-0.2, 0) is 30.3 Å². The summed E-state index contributed by atoms with van der Waals surface area (Å²) in [4.78, 5) is 53.0. The first kappa shape index (κ1) is 31.5. The summed E-state index contributed by atoms with van der Waals surface area (Å²) >= 11 is 1.96. The van der Waals surface area contributed by atoms with Crippen LogP contribution in [-0.4, -0.2) is 77.2 Å². The molecule has 0 unspecified atom stereocenters. The van der Waals surface area contributed by atoms with Gasteiger partial charge in [0.1, 0.15) is 11.8 Å².